The number of rotatable bonds is 4. The summed E-state index contributed by atoms with van der Waals surface area (Å²) in [6.07, 6.45) is 1.78. The third-order valence-electron chi connectivity index (χ3n) is 5.80. The molecule has 0 aromatic heterocycles. The van der Waals surface area contributed by atoms with Gasteiger partial charge < -0.3 is 9.47 Å². The average molecular weight is 460 g/mol. The van der Waals surface area contributed by atoms with Gasteiger partial charge in [0.2, 0.25) is 10.0 Å². The number of piperidine rings is 1. The molecule has 6 nitrogen and oxygen atoms in total. The quantitative estimate of drug-likeness (QED) is 0.646. The number of esters is 1. The fraction of sp³-hybridized carbons (Fsp3) is 0.632. The van der Waals surface area contributed by atoms with Gasteiger partial charge in [0.25, 0.3) is 0 Å². The highest BCUT2D eigenvalue weighted by Gasteiger charge is 2.55. The highest BCUT2D eigenvalue weighted by Crippen LogP contribution is 2.37. The molecule has 0 saturated carbocycles. The Hall–Kier alpha value is -0.960. The van der Waals surface area contributed by atoms with Crippen LogP contribution in [0.5, 0.6) is 0 Å². The Morgan fingerprint density at radius 2 is 1.89 bits per heavy atom. The zero-order chi connectivity index (χ0) is 19.7. The van der Waals surface area contributed by atoms with Crippen molar-refractivity contribution in [1.82, 2.24) is 4.31 Å². The van der Waals surface area contributed by atoms with Crippen LogP contribution in [0.3, 0.4) is 0 Å². The minimum absolute atomic E-state index is 0.147. The lowest BCUT2D eigenvalue weighted by molar-refractivity contribution is -0.146. The Labute approximate surface area is 169 Å². The van der Waals surface area contributed by atoms with Crippen LogP contribution in [0.25, 0.3) is 0 Å². The highest BCUT2D eigenvalue weighted by atomic mass is 79.9. The first-order valence-corrected chi connectivity index (χ1v) is 11.5. The molecule has 0 unspecified atom stereocenters. The second-order valence-corrected chi connectivity index (χ2v) is 10.4. The number of nitrogens with zero attached hydrogens (tertiary/aromatic N) is 1. The largest absolute Gasteiger partial charge is 0.468 e. The van der Waals surface area contributed by atoms with Crippen molar-refractivity contribution in [2.24, 2.45) is 0 Å². The maximum atomic E-state index is 13.4. The van der Waals surface area contributed by atoms with Crippen molar-refractivity contribution in [3.63, 3.8) is 0 Å². The summed E-state index contributed by atoms with van der Waals surface area (Å²) in [6.45, 7) is 3.40. The fourth-order valence-electron chi connectivity index (χ4n) is 4.05. The minimum Gasteiger partial charge on any atom is -0.468 e. The van der Waals surface area contributed by atoms with Crippen molar-refractivity contribution in [1.29, 1.82) is 0 Å². The van der Waals surface area contributed by atoms with E-state index >= 15 is 0 Å². The summed E-state index contributed by atoms with van der Waals surface area (Å²) in [5.41, 5.74) is 2.41. The highest BCUT2D eigenvalue weighted by molar-refractivity contribution is 9.10. The third-order valence-corrected chi connectivity index (χ3v) is 9.30. The van der Waals surface area contributed by atoms with Crippen LogP contribution in [-0.2, 0) is 24.3 Å². The van der Waals surface area contributed by atoms with E-state index < -0.39 is 20.7 Å². The number of sulfonamides is 1. The van der Waals surface area contributed by atoms with Crippen molar-refractivity contribution in [2.45, 2.75) is 43.3 Å². The molecule has 8 heteroatoms. The van der Waals surface area contributed by atoms with Crippen molar-refractivity contribution in [3.05, 3.63) is 33.8 Å². The lowest BCUT2D eigenvalue weighted by Gasteiger charge is -2.40. The molecule has 2 aliphatic rings. The fourth-order valence-corrected chi connectivity index (χ4v) is 6.46. The van der Waals surface area contributed by atoms with Gasteiger partial charge in [0, 0.05) is 43.6 Å². The number of ether oxygens (including phenoxy) is 2. The van der Waals surface area contributed by atoms with Gasteiger partial charge in [-0.2, -0.15) is 0 Å². The number of hydrogen-bond donors (Lipinski definition) is 0. The summed E-state index contributed by atoms with van der Waals surface area (Å²) in [4.78, 5) is 12.4. The van der Waals surface area contributed by atoms with Gasteiger partial charge in [-0.3, -0.25) is 4.79 Å². The van der Waals surface area contributed by atoms with Gasteiger partial charge in [0.15, 0.2) is 4.75 Å². The molecule has 2 saturated heterocycles. The molecule has 0 aliphatic carbocycles. The van der Waals surface area contributed by atoms with E-state index in [1.54, 1.807) is 0 Å². The molecule has 3 rings (SSSR count). The van der Waals surface area contributed by atoms with Crippen molar-refractivity contribution in [3.8, 4) is 0 Å². The molecule has 2 heterocycles. The van der Waals surface area contributed by atoms with Crippen LogP contribution in [-0.4, -0.2) is 56.9 Å². The Morgan fingerprint density at radius 3 is 2.44 bits per heavy atom. The molecule has 0 amide bonds. The van der Waals surface area contributed by atoms with Crippen molar-refractivity contribution < 1.29 is 22.7 Å². The Kier molecular flexibility index (Phi) is 6.30. The van der Waals surface area contributed by atoms with Gasteiger partial charge in [-0.1, -0.05) is 28.1 Å². The van der Waals surface area contributed by atoms with E-state index in [9.17, 15) is 13.2 Å². The molecular weight excluding hydrogens is 434 g/mol. The Balaban J connectivity index is 1.77. The standard InChI is InChI=1S/C19H26BrNO5S/c1-14-13-16(3-4-17(14)20)15-5-9-21(10-6-15)27(23,24)19(18(22)25-2)7-11-26-12-8-19/h3-4,13,15H,5-12H2,1-2H3. The molecule has 27 heavy (non-hydrogen) atoms. The van der Waals surface area contributed by atoms with E-state index in [0.717, 1.165) is 17.3 Å². The zero-order valence-corrected chi connectivity index (χ0v) is 18.1. The number of carbonyl (C=O) groups is 1. The average Bonchev–Trinajstić information content (AvgIpc) is 2.70. The number of carbonyl (C=O) groups excluding carboxylic acids is 1. The SMILES string of the molecule is COC(=O)C1(S(=O)(=O)N2CCC(c3ccc(Br)c(C)c3)CC2)CCOCC1. The van der Waals surface area contributed by atoms with E-state index in [1.807, 2.05) is 6.07 Å². The van der Waals surface area contributed by atoms with E-state index in [0.29, 0.717) is 19.0 Å². The van der Waals surface area contributed by atoms with Gasteiger partial charge in [-0.25, -0.2) is 12.7 Å². The van der Waals surface area contributed by atoms with Crippen LogP contribution >= 0.6 is 15.9 Å². The first-order chi connectivity index (χ1) is 12.8. The number of hydrogen-bond acceptors (Lipinski definition) is 5. The van der Waals surface area contributed by atoms with E-state index in [2.05, 4.69) is 35.0 Å². The Morgan fingerprint density at radius 1 is 1.26 bits per heavy atom. The topological polar surface area (TPSA) is 72.9 Å². The lowest BCUT2D eigenvalue weighted by atomic mass is 9.89. The molecule has 2 aliphatic heterocycles. The van der Waals surface area contributed by atoms with Gasteiger partial charge in [0.1, 0.15) is 0 Å². The molecule has 1 aromatic carbocycles. The number of methoxy groups -OCH3 is 1. The molecule has 0 atom stereocenters. The predicted octanol–water partition coefficient (Wildman–Crippen LogP) is 2.99. The van der Waals surface area contributed by atoms with E-state index in [4.69, 9.17) is 9.47 Å². The van der Waals surface area contributed by atoms with Gasteiger partial charge in [-0.05, 0) is 42.9 Å². The third kappa shape index (κ3) is 3.81. The number of benzene rings is 1. The molecule has 0 N–H and O–H groups in total. The molecule has 2 fully saturated rings. The van der Waals surface area contributed by atoms with Crippen LogP contribution < -0.4 is 0 Å². The molecule has 0 bridgehead atoms. The molecule has 0 spiro atoms. The second kappa shape index (κ2) is 8.19. The van der Waals surface area contributed by atoms with Gasteiger partial charge in [-0.15, -0.1) is 0 Å². The maximum Gasteiger partial charge on any atom is 0.328 e. The lowest BCUT2D eigenvalue weighted by Crippen LogP contribution is -2.57. The smallest absolute Gasteiger partial charge is 0.328 e. The van der Waals surface area contributed by atoms with E-state index in [-0.39, 0.29) is 26.1 Å². The van der Waals surface area contributed by atoms with Crippen LogP contribution in [0.1, 0.15) is 42.7 Å². The maximum absolute atomic E-state index is 13.4. The summed E-state index contributed by atoms with van der Waals surface area (Å²) in [7, 11) is -2.56. The monoisotopic (exact) mass is 459 g/mol. The number of halogens is 1. The summed E-state index contributed by atoms with van der Waals surface area (Å²) in [6, 6.07) is 6.30. The van der Waals surface area contributed by atoms with Crippen LogP contribution in [0.2, 0.25) is 0 Å². The first-order valence-electron chi connectivity index (χ1n) is 9.24. The Bertz CT molecular complexity index is 796. The zero-order valence-electron chi connectivity index (χ0n) is 15.7. The van der Waals surface area contributed by atoms with Crippen LogP contribution in [0.15, 0.2) is 22.7 Å². The number of aryl methyl sites for hydroxylation is 1. The minimum atomic E-state index is -3.81. The summed E-state index contributed by atoms with van der Waals surface area (Å²) in [5, 5.41) is 0. The molecule has 0 radical (unpaired) electrons. The van der Waals surface area contributed by atoms with Crippen LogP contribution in [0.4, 0.5) is 0 Å². The van der Waals surface area contributed by atoms with E-state index in [1.165, 1.54) is 22.5 Å². The first kappa shape index (κ1) is 20.8. The van der Waals surface area contributed by atoms with Gasteiger partial charge in [0.05, 0.1) is 7.11 Å². The molecule has 1 aromatic rings. The van der Waals surface area contributed by atoms with Gasteiger partial charge >= 0.3 is 5.97 Å². The summed E-state index contributed by atoms with van der Waals surface area (Å²) >= 11 is 3.52. The normalized spacial score (nSPS) is 21.7. The molecule has 150 valence electrons. The summed E-state index contributed by atoms with van der Waals surface area (Å²) in [5.74, 6) is -0.344. The second-order valence-electron chi connectivity index (χ2n) is 7.29. The predicted molar refractivity (Wildman–Crippen MR) is 106 cm³/mol. The van der Waals surface area contributed by atoms with Crippen molar-refractivity contribution in [2.75, 3.05) is 33.4 Å². The van der Waals surface area contributed by atoms with Crippen LogP contribution in [0, 0.1) is 6.92 Å². The molecular formula is C19H26BrNO5S. The summed E-state index contributed by atoms with van der Waals surface area (Å²) < 4.78 is 38.0. The van der Waals surface area contributed by atoms with Crippen molar-refractivity contribution >= 4 is 31.9 Å².